The van der Waals surface area contributed by atoms with Gasteiger partial charge in [0.25, 0.3) is 0 Å². The molecule has 0 spiro atoms. The highest BCUT2D eigenvalue weighted by Gasteiger charge is 2.15. The number of nitrogens with zero attached hydrogens (tertiary/aromatic N) is 3. The summed E-state index contributed by atoms with van der Waals surface area (Å²) in [5.41, 5.74) is 1.72. The normalized spacial score (nSPS) is 11.8. The number of benzene rings is 1. The van der Waals surface area contributed by atoms with Crippen molar-refractivity contribution in [2.45, 2.75) is 32.9 Å². The monoisotopic (exact) mass is 317 g/mol. The Morgan fingerprint density at radius 3 is 2.91 bits per heavy atom. The molecule has 1 atom stereocenters. The molecule has 0 aliphatic heterocycles. The van der Waals surface area contributed by atoms with Crippen molar-refractivity contribution in [2.75, 3.05) is 19.0 Å². The van der Waals surface area contributed by atoms with Crippen LogP contribution in [0.15, 0.2) is 30.5 Å². The van der Waals surface area contributed by atoms with E-state index < -0.39 is 0 Å². The molecule has 0 radical (unpaired) electrons. The molecule has 7 heteroatoms. The third kappa shape index (κ3) is 4.98. The molecule has 0 unspecified atom stereocenters. The Labute approximate surface area is 136 Å². The lowest BCUT2D eigenvalue weighted by Crippen LogP contribution is -2.40. The molecule has 124 valence electrons. The maximum atomic E-state index is 12.3. The Balaban J connectivity index is 1.85. The van der Waals surface area contributed by atoms with Gasteiger partial charge in [-0.25, -0.2) is 0 Å². The first-order chi connectivity index (χ1) is 11.1. The molecule has 1 amide bonds. The zero-order chi connectivity index (χ0) is 16.7. The van der Waals surface area contributed by atoms with E-state index in [0.29, 0.717) is 19.5 Å². The number of aryl methyl sites for hydroxylation is 1. The summed E-state index contributed by atoms with van der Waals surface area (Å²) in [7, 11) is 1.62. The quantitative estimate of drug-likeness (QED) is 0.773. The van der Waals surface area contributed by atoms with E-state index in [-0.39, 0.29) is 11.9 Å². The summed E-state index contributed by atoms with van der Waals surface area (Å²) in [5.74, 6) is 0.721. The Bertz CT molecular complexity index is 641. The predicted octanol–water partition coefficient (Wildman–Crippen LogP) is 1.60. The van der Waals surface area contributed by atoms with Gasteiger partial charge in [-0.15, -0.1) is 5.10 Å². The number of rotatable bonds is 8. The van der Waals surface area contributed by atoms with Crippen LogP contribution in [0.25, 0.3) is 0 Å². The van der Waals surface area contributed by atoms with Crippen LogP contribution in [0.2, 0.25) is 0 Å². The lowest BCUT2D eigenvalue weighted by molar-refractivity contribution is -0.121. The van der Waals surface area contributed by atoms with Gasteiger partial charge in [-0.05, 0) is 25.5 Å². The molecule has 0 aliphatic carbocycles. The van der Waals surface area contributed by atoms with Gasteiger partial charge >= 0.3 is 0 Å². The van der Waals surface area contributed by atoms with Crippen LogP contribution in [0.1, 0.15) is 19.0 Å². The molecular weight excluding hydrogens is 294 g/mol. The average molecular weight is 317 g/mol. The van der Waals surface area contributed by atoms with E-state index in [1.165, 1.54) is 0 Å². The van der Waals surface area contributed by atoms with Gasteiger partial charge in [0.1, 0.15) is 11.8 Å². The second-order valence-electron chi connectivity index (χ2n) is 5.25. The summed E-state index contributed by atoms with van der Waals surface area (Å²) < 4.78 is 6.90. The van der Waals surface area contributed by atoms with Gasteiger partial charge in [-0.3, -0.25) is 9.48 Å². The summed E-state index contributed by atoms with van der Waals surface area (Å²) >= 11 is 0. The second kappa shape index (κ2) is 8.17. The number of nitrogens with one attached hydrogen (secondary N) is 2. The van der Waals surface area contributed by atoms with E-state index in [1.807, 2.05) is 44.3 Å². The number of anilines is 1. The summed E-state index contributed by atoms with van der Waals surface area (Å²) in [4.78, 5) is 12.3. The number of hydrogen-bond acceptors (Lipinski definition) is 5. The number of ether oxygens (including phenoxy) is 1. The Morgan fingerprint density at radius 2 is 2.26 bits per heavy atom. The van der Waals surface area contributed by atoms with E-state index in [9.17, 15) is 4.79 Å². The van der Waals surface area contributed by atoms with Gasteiger partial charge < -0.3 is 15.4 Å². The van der Waals surface area contributed by atoms with Gasteiger partial charge in [-0.2, -0.15) is 0 Å². The largest absolute Gasteiger partial charge is 0.497 e. The summed E-state index contributed by atoms with van der Waals surface area (Å²) in [5, 5.41) is 14.0. The molecule has 0 aliphatic rings. The van der Waals surface area contributed by atoms with Crippen molar-refractivity contribution in [2.24, 2.45) is 0 Å². The van der Waals surface area contributed by atoms with Gasteiger partial charge in [0.15, 0.2) is 0 Å². The van der Waals surface area contributed by atoms with Crippen LogP contribution in [-0.2, 0) is 11.3 Å². The first kappa shape index (κ1) is 16.8. The van der Waals surface area contributed by atoms with Gasteiger partial charge in [0.05, 0.1) is 19.3 Å². The molecular formula is C16H23N5O2. The first-order valence-corrected chi connectivity index (χ1v) is 7.67. The SMILES string of the molecule is CC[C@H](Nc1cccc(OC)c1)C(=O)NCCn1cc(C)nn1. The van der Waals surface area contributed by atoms with Gasteiger partial charge in [-0.1, -0.05) is 18.2 Å². The van der Waals surface area contributed by atoms with Gasteiger partial charge in [0.2, 0.25) is 5.91 Å². The van der Waals surface area contributed by atoms with Crippen molar-refractivity contribution in [3.63, 3.8) is 0 Å². The maximum Gasteiger partial charge on any atom is 0.242 e. The Kier molecular flexibility index (Phi) is 5.96. The Morgan fingerprint density at radius 1 is 1.43 bits per heavy atom. The van der Waals surface area contributed by atoms with Crippen molar-refractivity contribution < 1.29 is 9.53 Å². The number of aromatic nitrogens is 3. The van der Waals surface area contributed by atoms with Crippen LogP contribution in [0.5, 0.6) is 5.75 Å². The number of amides is 1. The maximum absolute atomic E-state index is 12.3. The van der Waals surface area contributed by atoms with Crippen molar-refractivity contribution in [1.29, 1.82) is 0 Å². The zero-order valence-electron chi connectivity index (χ0n) is 13.7. The molecule has 0 fully saturated rings. The Hall–Kier alpha value is -2.57. The zero-order valence-corrected chi connectivity index (χ0v) is 13.7. The highest BCUT2D eigenvalue weighted by molar-refractivity contribution is 5.84. The summed E-state index contributed by atoms with van der Waals surface area (Å²) in [6, 6.07) is 7.25. The molecule has 23 heavy (non-hydrogen) atoms. The average Bonchev–Trinajstić information content (AvgIpc) is 2.98. The number of carbonyl (C=O) groups is 1. The fourth-order valence-corrected chi connectivity index (χ4v) is 2.19. The smallest absolute Gasteiger partial charge is 0.242 e. The minimum Gasteiger partial charge on any atom is -0.497 e. The molecule has 1 aromatic carbocycles. The highest BCUT2D eigenvalue weighted by atomic mass is 16.5. The van der Waals surface area contributed by atoms with Gasteiger partial charge in [0, 0.05) is 24.5 Å². The molecule has 0 saturated carbocycles. The van der Waals surface area contributed by atoms with Crippen molar-refractivity contribution in [3.05, 3.63) is 36.2 Å². The minimum absolute atomic E-state index is 0.0350. The lowest BCUT2D eigenvalue weighted by atomic mass is 10.2. The third-order valence-corrected chi connectivity index (χ3v) is 3.43. The van der Waals surface area contributed by atoms with Crippen LogP contribution >= 0.6 is 0 Å². The van der Waals surface area contributed by atoms with Crippen molar-refractivity contribution >= 4 is 11.6 Å². The lowest BCUT2D eigenvalue weighted by Gasteiger charge is -2.18. The molecule has 1 aromatic heterocycles. The number of carbonyl (C=O) groups excluding carboxylic acids is 1. The van der Waals surface area contributed by atoms with Crippen molar-refractivity contribution in [3.8, 4) is 5.75 Å². The van der Waals surface area contributed by atoms with Crippen molar-refractivity contribution in [1.82, 2.24) is 20.3 Å². The first-order valence-electron chi connectivity index (χ1n) is 7.67. The summed E-state index contributed by atoms with van der Waals surface area (Å²) in [6.45, 7) is 4.96. The predicted molar refractivity (Wildman–Crippen MR) is 88.5 cm³/mol. The third-order valence-electron chi connectivity index (χ3n) is 3.43. The molecule has 2 aromatic rings. The molecule has 2 rings (SSSR count). The fraction of sp³-hybridized carbons (Fsp3) is 0.438. The highest BCUT2D eigenvalue weighted by Crippen LogP contribution is 2.18. The minimum atomic E-state index is -0.292. The summed E-state index contributed by atoms with van der Waals surface area (Å²) in [6.07, 6.45) is 2.53. The second-order valence-corrected chi connectivity index (χ2v) is 5.25. The molecule has 2 N–H and O–H groups in total. The van der Waals surface area contributed by atoms with E-state index in [1.54, 1.807) is 11.8 Å². The molecule has 0 saturated heterocycles. The van der Waals surface area contributed by atoms with E-state index in [4.69, 9.17) is 4.74 Å². The van der Waals surface area contributed by atoms with Crippen LogP contribution in [0.3, 0.4) is 0 Å². The molecule has 1 heterocycles. The van der Waals surface area contributed by atoms with E-state index in [2.05, 4.69) is 20.9 Å². The topological polar surface area (TPSA) is 81.1 Å². The molecule has 7 nitrogen and oxygen atoms in total. The van der Waals surface area contributed by atoms with Crippen LogP contribution in [0, 0.1) is 6.92 Å². The van der Waals surface area contributed by atoms with E-state index >= 15 is 0 Å². The molecule has 0 bridgehead atoms. The van der Waals surface area contributed by atoms with Crippen LogP contribution in [-0.4, -0.2) is 40.6 Å². The number of methoxy groups -OCH3 is 1. The fourth-order valence-electron chi connectivity index (χ4n) is 2.19. The van der Waals surface area contributed by atoms with E-state index in [0.717, 1.165) is 17.1 Å². The van der Waals surface area contributed by atoms with Crippen LogP contribution < -0.4 is 15.4 Å². The standard InChI is InChI=1S/C16H23N5O2/c1-4-15(18-13-6-5-7-14(10-13)23-3)16(22)17-8-9-21-11-12(2)19-20-21/h5-7,10-11,15,18H,4,8-9H2,1-3H3,(H,17,22)/t15-/m0/s1. The number of hydrogen-bond donors (Lipinski definition) is 2. The van der Waals surface area contributed by atoms with Crippen LogP contribution in [0.4, 0.5) is 5.69 Å².